The van der Waals surface area contributed by atoms with Gasteiger partial charge >= 0.3 is 0 Å². The molecule has 0 aliphatic heterocycles. The Morgan fingerprint density at radius 3 is 2.94 bits per heavy atom. The quantitative estimate of drug-likeness (QED) is 0.883. The second-order valence-electron chi connectivity index (χ2n) is 3.80. The van der Waals surface area contributed by atoms with Crippen molar-refractivity contribution < 1.29 is 4.74 Å². The first-order valence-electron chi connectivity index (χ1n) is 5.53. The molecule has 17 heavy (non-hydrogen) atoms. The van der Waals surface area contributed by atoms with Gasteiger partial charge in [0.25, 0.3) is 0 Å². The highest BCUT2D eigenvalue weighted by molar-refractivity contribution is 7.10. The van der Waals surface area contributed by atoms with Crippen molar-refractivity contribution >= 4 is 11.3 Å². The zero-order valence-electron chi connectivity index (χ0n) is 10.1. The summed E-state index contributed by atoms with van der Waals surface area (Å²) in [7, 11) is 1.65. The van der Waals surface area contributed by atoms with Gasteiger partial charge in [0.2, 0.25) is 5.88 Å². The second kappa shape index (κ2) is 5.80. The predicted molar refractivity (Wildman–Crippen MR) is 70.4 cm³/mol. The molecule has 2 aromatic heterocycles. The second-order valence-corrected chi connectivity index (χ2v) is 4.80. The lowest BCUT2D eigenvalue weighted by Crippen LogP contribution is -2.13. The molecule has 2 aromatic rings. The molecule has 0 amide bonds. The van der Waals surface area contributed by atoms with E-state index in [9.17, 15) is 0 Å². The first-order valence-corrected chi connectivity index (χ1v) is 6.41. The maximum atomic E-state index is 5.21. The van der Waals surface area contributed by atoms with Crippen LogP contribution in [0, 0.1) is 6.92 Å². The number of aromatic nitrogens is 1. The Hall–Kier alpha value is -1.39. The van der Waals surface area contributed by atoms with Crippen LogP contribution in [0.25, 0.3) is 0 Å². The van der Waals surface area contributed by atoms with Crippen molar-refractivity contribution in [2.24, 2.45) is 0 Å². The normalized spacial score (nSPS) is 10.5. The summed E-state index contributed by atoms with van der Waals surface area (Å²) in [4.78, 5) is 5.55. The molecular weight excluding hydrogens is 232 g/mol. The molecule has 0 aliphatic carbocycles. The molecule has 0 fully saturated rings. The van der Waals surface area contributed by atoms with Gasteiger partial charge in [0.1, 0.15) is 0 Å². The number of nitrogens with one attached hydrogen (secondary N) is 1. The van der Waals surface area contributed by atoms with E-state index in [0.717, 1.165) is 18.7 Å². The van der Waals surface area contributed by atoms with Crippen LogP contribution in [0.4, 0.5) is 0 Å². The summed E-state index contributed by atoms with van der Waals surface area (Å²) < 4.78 is 5.21. The zero-order chi connectivity index (χ0) is 12.1. The summed E-state index contributed by atoms with van der Waals surface area (Å²) >= 11 is 1.79. The Labute approximate surface area is 105 Å². The maximum Gasteiger partial charge on any atom is 0.217 e. The Kier molecular flexibility index (Phi) is 4.12. The van der Waals surface area contributed by atoms with Crippen molar-refractivity contribution in [3.05, 3.63) is 45.8 Å². The van der Waals surface area contributed by atoms with Crippen LogP contribution in [0.2, 0.25) is 0 Å². The Morgan fingerprint density at radius 1 is 1.35 bits per heavy atom. The first kappa shape index (κ1) is 12.1. The topological polar surface area (TPSA) is 34.1 Å². The molecule has 0 aromatic carbocycles. The number of nitrogens with zero attached hydrogens (tertiary/aromatic N) is 1. The molecule has 0 saturated carbocycles. The van der Waals surface area contributed by atoms with E-state index in [4.69, 9.17) is 4.74 Å². The molecule has 0 atom stereocenters. The van der Waals surface area contributed by atoms with Crippen LogP contribution in [-0.4, -0.2) is 12.1 Å². The third-order valence-electron chi connectivity index (χ3n) is 2.61. The van der Waals surface area contributed by atoms with E-state index in [0.29, 0.717) is 5.88 Å². The van der Waals surface area contributed by atoms with Gasteiger partial charge in [0, 0.05) is 29.7 Å². The van der Waals surface area contributed by atoms with Gasteiger partial charge in [0.05, 0.1) is 7.11 Å². The van der Waals surface area contributed by atoms with Crippen molar-refractivity contribution in [1.82, 2.24) is 10.3 Å². The summed E-state index contributed by atoms with van der Waals surface area (Å²) in [5.41, 5.74) is 2.44. The van der Waals surface area contributed by atoms with E-state index >= 15 is 0 Å². The van der Waals surface area contributed by atoms with Crippen LogP contribution in [0.1, 0.15) is 16.0 Å². The molecule has 2 heterocycles. The third-order valence-corrected chi connectivity index (χ3v) is 3.64. The molecule has 0 saturated heterocycles. The molecule has 2 rings (SSSR count). The monoisotopic (exact) mass is 248 g/mol. The Morgan fingerprint density at radius 2 is 2.24 bits per heavy atom. The van der Waals surface area contributed by atoms with Gasteiger partial charge in [-0.1, -0.05) is 6.07 Å². The molecular formula is C13H16N2OS. The fourth-order valence-corrected chi connectivity index (χ4v) is 2.51. The highest BCUT2D eigenvalue weighted by Crippen LogP contribution is 2.16. The number of pyridine rings is 1. The SMILES string of the molecule is COc1ncccc1CNCc1sccc1C. The summed E-state index contributed by atoms with van der Waals surface area (Å²) in [5, 5.41) is 5.53. The van der Waals surface area contributed by atoms with Crippen molar-refractivity contribution in [3.63, 3.8) is 0 Å². The van der Waals surface area contributed by atoms with E-state index in [1.165, 1.54) is 10.4 Å². The van der Waals surface area contributed by atoms with Gasteiger partial charge in [-0.15, -0.1) is 11.3 Å². The summed E-state index contributed by atoms with van der Waals surface area (Å²) in [6.45, 7) is 3.80. The van der Waals surface area contributed by atoms with Gasteiger partial charge in [-0.05, 0) is 30.0 Å². The molecule has 0 aliphatic rings. The fraction of sp³-hybridized carbons (Fsp3) is 0.308. The van der Waals surface area contributed by atoms with Crippen LogP contribution in [-0.2, 0) is 13.1 Å². The Bertz CT molecular complexity index is 482. The molecule has 90 valence electrons. The van der Waals surface area contributed by atoms with E-state index in [-0.39, 0.29) is 0 Å². The maximum absolute atomic E-state index is 5.21. The first-order chi connectivity index (χ1) is 8.31. The largest absolute Gasteiger partial charge is 0.481 e. The number of rotatable bonds is 5. The average Bonchev–Trinajstić information content (AvgIpc) is 2.76. The van der Waals surface area contributed by atoms with E-state index in [2.05, 4.69) is 28.7 Å². The average molecular weight is 248 g/mol. The number of methoxy groups -OCH3 is 1. The zero-order valence-corrected chi connectivity index (χ0v) is 10.9. The summed E-state index contributed by atoms with van der Waals surface area (Å²) in [6, 6.07) is 6.10. The van der Waals surface area contributed by atoms with Gasteiger partial charge in [-0.3, -0.25) is 0 Å². The summed E-state index contributed by atoms with van der Waals surface area (Å²) in [5.74, 6) is 0.697. The fourth-order valence-electron chi connectivity index (χ4n) is 1.64. The minimum Gasteiger partial charge on any atom is -0.481 e. The molecule has 3 nitrogen and oxygen atoms in total. The molecule has 0 spiro atoms. The van der Waals surface area contributed by atoms with Gasteiger partial charge in [-0.25, -0.2) is 4.98 Å². The molecule has 0 radical (unpaired) electrons. The highest BCUT2D eigenvalue weighted by atomic mass is 32.1. The van der Waals surface area contributed by atoms with E-state index < -0.39 is 0 Å². The number of hydrogen-bond donors (Lipinski definition) is 1. The van der Waals surface area contributed by atoms with Crippen LogP contribution < -0.4 is 10.1 Å². The highest BCUT2D eigenvalue weighted by Gasteiger charge is 2.03. The van der Waals surface area contributed by atoms with Crippen molar-refractivity contribution in [2.75, 3.05) is 7.11 Å². The molecule has 0 bridgehead atoms. The lowest BCUT2D eigenvalue weighted by atomic mass is 10.2. The van der Waals surface area contributed by atoms with Crippen LogP contribution in [0.15, 0.2) is 29.8 Å². The minimum atomic E-state index is 0.697. The predicted octanol–water partition coefficient (Wildman–Crippen LogP) is 2.75. The smallest absolute Gasteiger partial charge is 0.217 e. The minimum absolute atomic E-state index is 0.697. The third kappa shape index (κ3) is 3.05. The van der Waals surface area contributed by atoms with Gasteiger partial charge in [-0.2, -0.15) is 0 Å². The number of aryl methyl sites for hydroxylation is 1. The number of ether oxygens (including phenoxy) is 1. The van der Waals surface area contributed by atoms with Crippen LogP contribution in [0.3, 0.4) is 0 Å². The number of hydrogen-bond acceptors (Lipinski definition) is 4. The number of thiophene rings is 1. The van der Waals surface area contributed by atoms with Gasteiger partial charge < -0.3 is 10.1 Å². The Balaban J connectivity index is 1.92. The molecule has 1 N–H and O–H groups in total. The summed E-state index contributed by atoms with van der Waals surface area (Å²) in [6.07, 6.45) is 1.74. The van der Waals surface area contributed by atoms with Crippen LogP contribution in [0.5, 0.6) is 5.88 Å². The van der Waals surface area contributed by atoms with Crippen molar-refractivity contribution in [3.8, 4) is 5.88 Å². The van der Waals surface area contributed by atoms with Crippen molar-refractivity contribution in [1.29, 1.82) is 0 Å². The standard InChI is InChI=1S/C13H16N2OS/c1-10-5-7-17-12(10)9-14-8-11-4-3-6-15-13(11)16-2/h3-7,14H,8-9H2,1-2H3. The van der Waals surface area contributed by atoms with E-state index in [1.54, 1.807) is 24.6 Å². The lowest BCUT2D eigenvalue weighted by molar-refractivity contribution is 0.390. The van der Waals surface area contributed by atoms with Crippen LogP contribution >= 0.6 is 11.3 Å². The molecule has 0 unspecified atom stereocenters. The van der Waals surface area contributed by atoms with Crippen molar-refractivity contribution in [2.45, 2.75) is 20.0 Å². The lowest BCUT2D eigenvalue weighted by Gasteiger charge is -2.08. The van der Waals surface area contributed by atoms with Gasteiger partial charge in [0.15, 0.2) is 0 Å². The molecule has 4 heteroatoms. The van der Waals surface area contributed by atoms with E-state index in [1.807, 2.05) is 12.1 Å².